The highest BCUT2D eigenvalue weighted by atomic mass is 35.5. The summed E-state index contributed by atoms with van der Waals surface area (Å²) in [5.74, 6) is 0.259. The molecule has 0 aliphatic heterocycles. The van der Waals surface area contributed by atoms with E-state index in [1.807, 2.05) is 0 Å². The molecule has 0 saturated heterocycles. The normalized spacial score (nSPS) is 10.3. The molecule has 98 valence electrons. The number of aromatic nitrogens is 1. The summed E-state index contributed by atoms with van der Waals surface area (Å²) in [4.78, 5) is 14.2. The molecule has 0 bridgehead atoms. The Bertz CT molecular complexity index is 647. The van der Waals surface area contributed by atoms with Crippen molar-refractivity contribution < 1.29 is 9.66 Å². The van der Waals surface area contributed by atoms with Gasteiger partial charge in [0, 0.05) is 16.7 Å². The van der Waals surface area contributed by atoms with Crippen LogP contribution in [0.2, 0.25) is 10.0 Å². The van der Waals surface area contributed by atoms with Gasteiger partial charge in [0.2, 0.25) is 5.88 Å². The van der Waals surface area contributed by atoms with Gasteiger partial charge in [-0.3, -0.25) is 10.1 Å². The number of pyridine rings is 1. The van der Waals surface area contributed by atoms with Crippen molar-refractivity contribution >= 4 is 28.9 Å². The van der Waals surface area contributed by atoms with Crippen LogP contribution in [0, 0.1) is 10.1 Å². The van der Waals surface area contributed by atoms with Gasteiger partial charge < -0.3 is 4.74 Å². The fourth-order valence-corrected chi connectivity index (χ4v) is 2.11. The van der Waals surface area contributed by atoms with Crippen LogP contribution in [-0.2, 0) is 0 Å². The lowest BCUT2D eigenvalue weighted by Crippen LogP contribution is -1.95. The van der Waals surface area contributed by atoms with E-state index in [9.17, 15) is 10.1 Å². The van der Waals surface area contributed by atoms with Crippen LogP contribution < -0.4 is 4.74 Å². The zero-order chi connectivity index (χ0) is 14.0. The number of benzene rings is 1. The monoisotopic (exact) mass is 298 g/mol. The molecule has 19 heavy (non-hydrogen) atoms. The van der Waals surface area contributed by atoms with Gasteiger partial charge in [-0.15, -0.1) is 0 Å². The summed E-state index contributed by atoms with van der Waals surface area (Å²) in [6.45, 7) is 0. The molecule has 0 saturated carbocycles. The molecule has 0 fully saturated rings. The largest absolute Gasteiger partial charge is 0.481 e. The van der Waals surface area contributed by atoms with Crippen molar-refractivity contribution in [2.24, 2.45) is 0 Å². The minimum atomic E-state index is -0.528. The molecular formula is C12H8Cl2N2O3. The summed E-state index contributed by atoms with van der Waals surface area (Å²) < 4.78 is 5.09. The van der Waals surface area contributed by atoms with Gasteiger partial charge in [0.25, 0.3) is 5.69 Å². The third-order valence-electron chi connectivity index (χ3n) is 2.46. The summed E-state index contributed by atoms with van der Waals surface area (Å²) in [6.07, 6.45) is 1.13. The molecular weight excluding hydrogens is 291 g/mol. The molecule has 0 N–H and O–H groups in total. The molecule has 0 unspecified atom stereocenters. The van der Waals surface area contributed by atoms with Crippen molar-refractivity contribution in [1.82, 2.24) is 4.98 Å². The molecule has 0 spiro atoms. The average Bonchev–Trinajstić information content (AvgIpc) is 2.38. The Hall–Kier alpha value is -1.85. The van der Waals surface area contributed by atoms with Crippen LogP contribution in [-0.4, -0.2) is 17.0 Å². The standard InChI is InChI=1S/C12H8Cl2N2O3/c1-19-12-10(5-8(6-15-12)16(17)18)9-3-2-7(13)4-11(9)14/h2-6H,1H3. The van der Waals surface area contributed by atoms with Crippen molar-refractivity contribution in [3.63, 3.8) is 0 Å². The van der Waals surface area contributed by atoms with Crippen LogP contribution in [0.4, 0.5) is 5.69 Å². The quantitative estimate of drug-likeness (QED) is 0.635. The predicted molar refractivity (Wildman–Crippen MR) is 72.9 cm³/mol. The van der Waals surface area contributed by atoms with E-state index < -0.39 is 4.92 Å². The summed E-state index contributed by atoms with van der Waals surface area (Å²) in [7, 11) is 1.43. The van der Waals surface area contributed by atoms with Crippen molar-refractivity contribution in [1.29, 1.82) is 0 Å². The van der Waals surface area contributed by atoms with E-state index >= 15 is 0 Å². The van der Waals surface area contributed by atoms with Gasteiger partial charge in [-0.25, -0.2) is 4.98 Å². The molecule has 2 rings (SSSR count). The zero-order valence-electron chi connectivity index (χ0n) is 9.76. The highest BCUT2D eigenvalue weighted by Crippen LogP contribution is 2.36. The molecule has 0 aliphatic rings. The van der Waals surface area contributed by atoms with E-state index in [0.29, 0.717) is 21.2 Å². The van der Waals surface area contributed by atoms with Crippen molar-refractivity contribution in [2.75, 3.05) is 7.11 Å². The second kappa shape index (κ2) is 5.42. The number of rotatable bonds is 3. The second-order valence-corrected chi connectivity index (χ2v) is 4.48. The Morgan fingerprint density at radius 3 is 2.58 bits per heavy atom. The molecule has 7 heteroatoms. The van der Waals surface area contributed by atoms with Crippen molar-refractivity contribution in [3.05, 3.63) is 50.6 Å². The molecule has 0 aliphatic carbocycles. The number of halogens is 2. The maximum absolute atomic E-state index is 10.8. The number of methoxy groups -OCH3 is 1. The van der Waals surface area contributed by atoms with Crippen LogP contribution >= 0.6 is 23.2 Å². The third kappa shape index (κ3) is 2.77. The van der Waals surface area contributed by atoms with Crippen LogP contribution in [0.3, 0.4) is 0 Å². The summed E-state index contributed by atoms with van der Waals surface area (Å²) >= 11 is 11.9. The fraction of sp³-hybridized carbons (Fsp3) is 0.0833. The first-order valence-corrected chi connectivity index (χ1v) is 5.92. The van der Waals surface area contributed by atoms with Gasteiger partial charge in [-0.2, -0.15) is 0 Å². The van der Waals surface area contributed by atoms with Crippen LogP contribution in [0.1, 0.15) is 0 Å². The maximum atomic E-state index is 10.8. The summed E-state index contributed by atoms with van der Waals surface area (Å²) in [6, 6.07) is 6.21. The number of hydrogen-bond acceptors (Lipinski definition) is 4. The molecule has 0 atom stereocenters. The van der Waals surface area contributed by atoms with E-state index in [1.54, 1.807) is 18.2 Å². The van der Waals surface area contributed by atoms with Crippen LogP contribution in [0.25, 0.3) is 11.1 Å². The lowest BCUT2D eigenvalue weighted by atomic mass is 10.1. The Morgan fingerprint density at radius 2 is 2.00 bits per heavy atom. The molecule has 0 amide bonds. The zero-order valence-corrected chi connectivity index (χ0v) is 11.3. The highest BCUT2D eigenvalue weighted by Gasteiger charge is 2.16. The Balaban J connectivity index is 2.64. The first kappa shape index (κ1) is 13.6. The highest BCUT2D eigenvalue weighted by molar-refractivity contribution is 6.36. The molecule has 1 aromatic carbocycles. The predicted octanol–water partition coefficient (Wildman–Crippen LogP) is 3.97. The maximum Gasteiger partial charge on any atom is 0.288 e. The summed E-state index contributed by atoms with van der Waals surface area (Å²) in [5, 5.41) is 11.6. The van der Waals surface area contributed by atoms with Gasteiger partial charge in [0.05, 0.1) is 22.6 Å². The number of ether oxygens (including phenoxy) is 1. The van der Waals surface area contributed by atoms with Crippen molar-refractivity contribution in [2.45, 2.75) is 0 Å². The van der Waals surface area contributed by atoms with E-state index in [-0.39, 0.29) is 11.6 Å². The first-order chi connectivity index (χ1) is 9.02. The smallest absolute Gasteiger partial charge is 0.288 e. The average molecular weight is 299 g/mol. The van der Waals surface area contributed by atoms with Crippen LogP contribution in [0.15, 0.2) is 30.5 Å². The number of nitrogens with zero attached hydrogens (tertiary/aromatic N) is 2. The number of hydrogen-bond donors (Lipinski definition) is 0. The Morgan fingerprint density at radius 1 is 1.26 bits per heavy atom. The molecule has 1 aromatic heterocycles. The Labute approximate surface area is 118 Å². The SMILES string of the molecule is COc1ncc([N+](=O)[O-])cc1-c1ccc(Cl)cc1Cl. The first-order valence-electron chi connectivity index (χ1n) is 5.16. The van der Waals surface area contributed by atoms with Gasteiger partial charge in [0.1, 0.15) is 6.20 Å². The number of nitro groups is 1. The second-order valence-electron chi connectivity index (χ2n) is 3.63. The molecule has 2 aromatic rings. The lowest BCUT2D eigenvalue weighted by molar-refractivity contribution is -0.385. The van der Waals surface area contributed by atoms with Gasteiger partial charge >= 0.3 is 0 Å². The van der Waals surface area contributed by atoms with Crippen LogP contribution in [0.5, 0.6) is 5.88 Å². The minimum Gasteiger partial charge on any atom is -0.481 e. The minimum absolute atomic E-state index is 0.137. The topological polar surface area (TPSA) is 65.3 Å². The Kier molecular flexibility index (Phi) is 3.87. The van der Waals surface area contributed by atoms with Gasteiger partial charge in [0.15, 0.2) is 0 Å². The van der Waals surface area contributed by atoms with E-state index in [2.05, 4.69) is 4.98 Å². The lowest BCUT2D eigenvalue weighted by Gasteiger charge is -2.09. The fourth-order valence-electron chi connectivity index (χ4n) is 1.60. The van der Waals surface area contributed by atoms with Gasteiger partial charge in [-0.1, -0.05) is 29.3 Å². The van der Waals surface area contributed by atoms with E-state index in [1.165, 1.54) is 13.2 Å². The third-order valence-corrected chi connectivity index (χ3v) is 3.01. The molecule has 0 radical (unpaired) electrons. The van der Waals surface area contributed by atoms with E-state index in [4.69, 9.17) is 27.9 Å². The van der Waals surface area contributed by atoms with Crippen molar-refractivity contribution in [3.8, 4) is 17.0 Å². The molecule has 5 nitrogen and oxygen atoms in total. The summed E-state index contributed by atoms with van der Waals surface area (Å²) in [5.41, 5.74) is 0.874. The van der Waals surface area contributed by atoms with Gasteiger partial charge in [-0.05, 0) is 12.1 Å². The molecule has 1 heterocycles. The van der Waals surface area contributed by atoms with E-state index in [0.717, 1.165) is 6.20 Å².